The highest BCUT2D eigenvalue weighted by Crippen LogP contribution is 2.45. The molecule has 0 radical (unpaired) electrons. The number of hydrogen-bond acceptors (Lipinski definition) is 2. The summed E-state index contributed by atoms with van der Waals surface area (Å²) >= 11 is 0. The zero-order valence-electron chi connectivity index (χ0n) is 5.31. The van der Waals surface area contributed by atoms with Crippen LogP contribution in [0.2, 0.25) is 0 Å². The molecule has 0 aromatic carbocycles. The molecule has 1 amide bonds. The van der Waals surface area contributed by atoms with Gasteiger partial charge in [0.1, 0.15) is 11.2 Å². The molecule has 1 aliphatic rings. The second-order valence-electron chi connectivity index (χ2n) is 2.50. The Morgan fingerprint density at radius 1 is 1.44 bits per heavy atom. The molecule has 0 aliphatic heterocycles. The van der Waals surface area contributed by atoms with Crippen LogP contribution in [0.4, 0.5) is 0 Å². The summed E-state index contributed by atoms with van der Waals surface area (Å²) < 4.78 is 0. The highest BCUT2D eigenvalue weighted by molar-refractivity contribution is 6.07. The second-order valence-corrected chi connectivity index (χ2v) is 2.50. The van der Waals surface area contributed by atoms with Crippen LogP contribution in [-0.4, -0.2) is 11.7 Å². The summed E-state index contributed by atoms with van der Waals surface area (Å²) in [5, 5.41) is 0. The Bertz CT molecular complexity index is 154. The van der Waals surface area contributed by atoms with Gasteiger partial charge in [-0.05, 0) is 19.8 Å². The molecule has 0 aromatic heterocycles. The summed E-state index contributed by atoms with van der Waals surface area (Å²) in [6.45, 7) is 1.41. The molecule has 0 atom stereocenters. The maximum atomic E-state index is 10.7. The van der Waals surface area contributed by atoms with Crippen LogP contribution in [0.5, 0.6) is 0 Å². The van der Waals surface area contributed by atoms with Gasteiger partial charge in [0, 0.05) is 0 Å². The van der Waals surface area contributed by atoms with E-state index in [1.165, 1.54) is 6.92 Å². The van der Waals surface area contributed by atoms with Crippen LogP contribution in [0.1, 0.15) is 19.8 Å². The van der Waals surface area contributed by atoms with Gasteiger partial charge in [0.05, 0.1) is 0 Å². The van der Waals surface area contributed by atoms with E-state index in [-0.39, 0.29) is 5.78 Å². The minimum absolute atomic E-state index is 0.0880. The van der Waals surface area contributed by atoms with Crippen LogP contribution < -0.4 is 5.73 Å². The second kappa shape index (κ2) is 1.56. The lowest BCUT2D eigenvalue weighted by Gasteiger charge is -2.02. The molecule has 50 valence electrons. The van der Waals surface area contributed by atoms with Crippen molar-refractivity contribution >= 4 is 11.7 Å². The third kappa shape index (κ3) is 0.724. The van der Waals surface area contributed by atoms with Crippen molar-refractivity contribution in [1.82, 2.24) is 0 Å². The first-order valence-corrected chi connectivity index (χ1v) is 2.90. The van der Waals surface area contributed by atoms with Gasteiger partial charge in [-0.3, -0.25) is 9.59 Å². The summed E-state index contributed by atoms with van der Waals surface area (Å²) in [4.78, 5) is 21.2. The quantitative estimate of drug-likeness (QED) is 0.524. The Morgan fingerprint density at radius 2 is 1.89 bits per heavy atom. The number of amides is 1. The van der Waals surface area contributed by atoms with E-state index < -0.39 is 11.3 Å². The Hall–Kier alpha value is -0.860. The molecule has 0 heterocycles. The molecule has 0 unspecified atom stereocenters. The van der Waals surface area contributed by atoms with Gasteiger partial charge < -0.3 is 5.73 Å². The molecule has 1 fully saturated rings. The number of nitrogens with two attached hydrogens (primary N) is 1. The minimum Gasteiger partial charge on any atom is -0.369 e. The first-order chi connectivity index (χ1) is 4.09. The predicted octanol–water partition coefficient (Wildman–Crippen LogP) is -0.159. The van der Waals surface area contributed by atoms with Crippen LogP contribution in [-0.2, 0) is 9.59 Å². The van der Waals surface area contributed by atoms with Gasteiger partial charge in [0.25, 0.3) is 0 Å². The van der Waals surface area contributed by atoms with Crippen LogP contribution in [0, 0.1) is 5.41 Å². The molecule has 3 heteroatoms. The molecule has 1 saturated carbocycles. The van der Waals surface area contributed by atoms with Gasteiger partial charge >= 0.3 is 0 Å². The Balaban J connectivity index is 2.75. The van der Waals surface area contributed by atoms with E-state index in [1.807, 2.05) is 0 Å². The topological polar surface area (TPSA) is 60.2 Å². The molecule has 2 N–H and O–H groups in total. The summed E-state index contributed by atoms with van der Waals surface area (Å²) in [5.41, 5.74) is 4.22. The normalized spacial score (nSPS) is 21.0. The van der Waals surface area contributed by atoms with Crippen molar-refractivity contribution in [3.05, 3.63) is 0 Å². The van der Waals surface area contributed by atoms with Gasteiger partial charge in [0.2, 0.25) is 5.91 Å². The van der Waals surface area contributed by atoms with Crippen molar-refractivity contribution in [2.24, 2.45) is 11.1 Å². The van der Waals surface area contributed by atoms with Crippen molar-refractivity contribution in [3.63, 3.8) is 0 Å². The van der Waals surface area contributed by atoms with Crippen LogP contribution in [0.25, 0.3) is 0 Å². The molecule has 1 rings (SSSR count). The molecular weight excluding hydrogens is 118 g/mol. The fourth-order valence-electron chi connectivity index (χ4n) is 0.897. The molecular formula is C6H9NO2. The van der Waals surface area contributed by atoms with Gasteiger partial charge in [-0.2, -0.15) is 0 Å². The molecule has 0 saturated heterocycles. The summed E-state index contributed by atoms with van der Waals surface area (Å²) in [5.74, 6) is -0.551. The van der Waals surface area contributed by atoms with E-state index in [9.17, 15) is 9.59 Å². The lowest BCUT2D eigenvalue weighted by Crippen LogP contribution is -2.30. The van der Waals surface area contributed by atoms with E-state index in [1.54, 1.807) is 0 Å². The molecule has 9 heavy (non-hydrogen) atoms. The van der Waals surface area contributed by atoms with E-state index in [0.29, 0.717) is 12.8 Å². The number of ketones is 1. The molecule has 0 aromatic rings. The first kappa shape index (κ1) is 6.26. The number of Topliss-reactive ketones (excluding diaryl/α,β-unsaturated/α-hetero) is 1. The monoisotopic (exact) mass is 127 g/mol. The third-order valence-electron chi connectivity index (χ3n) is 1.90. The SMILES string of the molecule is CC(=O)C1(C(N)=O)CC1. The summed E-state index contributed by atoms with van der Waals surface area (Å²) in [6, 6.07) is 0. The lowest BCUT2D eigenvalue weighted by molar-refractivity contribution is -0.132. The number of rotatable bonds is 2. The molecule has 0 spiro atoms. The van der Waals surface area contributed by atoms with Crippen LogP contribution >= 0.6 is 0 Å². The highest BCUT2D eigenvalue weighted by atomic mass is 16.2. The van der Waals surface area contributed by atoms with E-state index >= 15 is 0 Å². The van der Waals surface area contributed by atoms with Gasteiger partial charge in [0.15, 0.2) is 0 Å². The fourth-order valence-corrected chi connectivity index (χ4v) is 0.897. The maximum Gasteiger partial charge on any atom is 0.231 e. The average Bonchev–Trinajstić information content (AvgIpc) is 2.40. The van der Waals surface area contributed by atoms with Crippen molar-refractivity contribution in [3.8, 4) is 0 Å². The fraction of sp³-hybridized carbons (Fsp3) is 0.667. The van der Waals surface area contributed by atoms with Gasteiger partial charge in [-0.1, -0.05) is 0 Å². The lowest BCUT2D eigenvalue weighted by atomic mass is 10.0. The maximum absolute atomic E-state index is 10.7. The van der Waals surface area contributed by atoms with E-state index in [4.69, 9.17) is 5.73 Å². The van der Waals surface area contributed by atoms with Crippen LogP contribution in [0.15, 0.2) is 0 Å². The molecule has 1 aliphatic carbocycles. The molecule has 3 nitrogen and oxygen atoms in total. The standard InChI is InChI=1S/C6H9NO2/c1-4(8)6(2-3-6)5(7)9/h2-3H2,1H3,(H2,7,9). The Morgan fingerprint density at radius 3 is 1.89 bits per heavy atom. The first-order valence-electron chi connectivity index (χ1n) is 2.90. The van der Waals surface area contributed by atoms with Gasteiger partial charge in [-0.25, -0.2) is 0 Å². The largest absolute Gasteiger partial charge is 0.369 e. The highest BCUT2D eigenvalue weighted by Gasteiger charge is 2.52. The smallest absolute Gasteiger partial charge is 0.231 e. The van der Waals surface area contributed by atoms with Crippen molar-refractivity contribution in [1.29, 1.82) is 0 Å². The zero-order valence-corrected chi connectivity index (χ0v) is 5.31. The van der Waals surface area contributed by atoms with Crippen molar-refractivity contribution in [2.45, 2.75) is 19.8 Å². The number of carbonyl (C=O) groups excluding carboxylic acids is 2. The average molecular weight is 127 g/mol. The van der Waals surface area contributed by atoms with Crippen molar-refractivity contribution < 1.29 is 9.59 Å². The van der Waals surface area contributed by atoms with E-state index in [0.717, 1.165) is 0 Å². The van der Waals surface area contributed by atoms with Gasteiger partial charge in [-0.15, -0.1) is 0 Å². The number of hydrogen-bond donors (Lipinski definition) is 1. The number of primary amides is 1. The summed E-state index contributed by atoms with van der Waals surface area (Å²) in [6.07, 6.45) is 1.30. The predicted molar refractivity (Wildman–Crippen MR) is 31.5 cm³/mol. The Kier molecular flexibility index (Phi) is 1.08. The van der Waals surface area contributed by atoms with Crippen LogP contribution in [0.3, 0.4) is 0 Å². The van der Waals surface area contributed by atoms with E-state index in [2.05, 4.69) is 0 Å². The molecule has 0 bridgehead atoms. The Labute approximate surface area is 53.2 Å². The minimum atomic E-state index is -0.750. The number of carbonyl (C=O) groups is 2. The summed E-state index contributed by atoms with van der Waals surface area (Å²) in [7, 11) is 0. The zero-order chi connectivity index (χ0) is 7.07. The van der Waals surface area contributed by atoms with Crippen molar-refractivity contribution in [2.75, 3.05) is 0 Å². The third-order valence-corrected chi connectivity index (χ3v) is 1.90.